The first kappa shape index (κ1) is 25.0. The molecule has 0 aromatic heterocycles. The fourth-order valence-corrected chi connectivity index (χ4v) is 5.33. The second-order valence-electron chi connectivity index (χ2n) is 9.32. The summed E-state index contributed by atoms with van der Waals surface area (Å²) in [5.74, 6) is -0.0292. The molecule has 0 bridgehead atoms. The zero-order chi connectivity index (χ0) is 24.8. The third-order valence-corrected chi connectivity index (χ3v) is 7.02. The highest BCUT2D eigenvalue weighted by molar-refractivity contribution is 5.92. The summed E-state index contributed by atoms with van der Waals surface area (Å²) in [5, 5.41) is 2.87. The maximum absolute atomic E-state index is 13.8. The Morgan fingerprint density at radius 1 is 1.20 bits per heavy atom. The minimum Gasteiger partial charge on any atom is -0.468 e. The van der Waals surface area contributed by atoms with Gasteiger partial charge in [0.25, 0.3) is 0 Å². The van der Waals surface area contributed by atoms with Gasteiger partial charge >= 0.3 is 5.97 Å². The molecule has 9 nitrogen and oxygen atoms in total. The number of rotatable bonds is 9. The van der Waals surface area contributed by atoms with Crippen LogP contribution in [0.4, 0.5) is 0 Å². The normalized spacial score (nSPS) is 23.3. The van der Waals surface area contributed by atoms with Gasteiger partial charge in [-0.05, 0) is 49.8 Å². The number of carbonyl (C=O) groups excluding carboxylic acids is 3. The molecule has 2 aliphatic heterocycles. The molecule has 3 aliphatic rings. The quantitative estimate of drug-likeness (QED) is 0.423. The molecule has 1 aliphatic carbocycles. The predicted octanol–water partition coefficient (Wildman–Crippen LogP) is 2.92. The Morgan fingerprint density at radius 3 is 2.83 bits per heavy atom. The van der Waals surface area contributed by atoms with Gasteiger partial charge < -0.3 is 29.2 Å². The Hall–Kier alpha value is -3.07. The molecule has 190 valence electrons. The molecule has 1 aromatic carbocycles. The minimum absolute atomic E-state index is 0.0233. The average Bonchev–Trinajstić information content (AvgIpc) is 3.22. The van der Waals surface area contributed by atoms with Crippen LogP contribution in [-0.4, -0.2) is 56.8 Å². The summed E-state index contributed by atoms with van der Waals surface area (Å²) in [5.41, 5.74) is 0.605. The van der Waals surface area contributed by atoms with Gasteiger partial charge in [0, 0.05) is 38.3 Å². The van der Waals surface area contributed by atoms with Crippen molar-refractivity contribution in [3.63, 3.8) is 0 Å². The zero-order valence-corrected chi connectivity index (χ0v) is 20.5. The minimum atomic E-state index is -0.948. The topological polar surface area (TPSA) is 103 Å². The van der Waals surface area contributed by atoms with E-state index in [2.05, 4.69) is 5.32 Å². The fraction of sp³-hybridized carbons (Fsp3) is 0.577. The summed E-state index contributed by atoms with van der Waals surface area (Å²) in [6, 6.07) is 5.58. The molecule has 1 aromatic rings. The largest absolute Gasteiger partial charge is 0.468 e. The van der Waals surface area contributed by atoms with Gasteiger partial charge in [-0.3, -0.25) is 14.4 Å². The number of hydrogen-bond donors (Lipinski definition) is 1. The van der Waals surface area contributed by atoms with Gasteiger partial charge in [-0.25, -0.2) is 0 Å². The van der Waals surface area contributed by atoms with Crippen molar-refractivity contribution in [3.05, 3.63) is 35.5 Å². The van der Waals surface area contributed by atoms with Crippen LogP contribution in [0.15, 0.2) is 30.0 Å². The molecule has 1 fully saturated rings. The van der Waals surface area contributed by atoms with Crippen molar-refractivity contribution in [2.45, 2.75) is 51.5 Å². The maximum atomic E-state index is 13.8. The van der Waals surface area contributed by atoms with Crippen molar-refractivity contribution in [2.24, 2.45) is 11.3 Å². The van der Waals surface area contributed by atoms with Crippen LogP contribution >= 0.6 is 0 Å². The summed E-state index contributed by atoms with van der Waals surface area (Å²) in [7, 11) is 3.00. The number of piperidine rings is 1. The van der Waals surface area contributed by atoms with Crippen molar-refractivity contribution < 1.29 is 33.3 Å². The van der Waals surface area contributed by atoms with E-state index < -0.39 is 11.3 Å². The number of methoxy groups -OCH3 is 2. The van der Waals surface area contributed by atoms with E-state index in [0.29, 0.717) is 43.2 Å². The van der Waals surface area contributed by atoms with Gasteiger partial charge in [0.05, 0.1) is 13.7 Å². The van der Waals surface area contributed by atoms with Crippen molar-refractivity contribution in [1.82, 2.24) is 10.2 Å². The number of nitrogens with one attached hydrogen (secondary N) is 1. The average molecular weight is 487 g/mol. The van der Waals surface area contributed by atoms with Crippen molar-refractivity contribution in [1.29, 1.82) is 0 Å². The monoisotopic (exact) mass is 486 g/mol. The van der Waals surface area contributed by atoms with E-state index in [9.17, 15) is 14.4 Å². The highest BCUT2D eigenvalue weighted by atomic mass is 16.7. The van der Waals surface area contributed by atoms with Crippen LogP contribution in [0.2, 0.25) is 0 Å². The molecule has 2 atom stereocenters. The Balaban J connectivity index is 1.62. The molecule has 0 radical (unpaired) electrons. The van der Waals surface area contributed by atoms with Crippen LogP contribution in [0.3, 0.4) is 0 Å². The predicted molar refractivity (Wildman–Crippen MR) is 126 cm³/mol. The lowest BCUT2D eigenvalue weighted by molar-refractivity contribution is -0.160. The summed E-state index contributed by atoms with van der Waals surface area (Å²) in [6.45, 7) is 1.46. The Labute approximate surface area is 205 Å². The van der Waals surface area contributed by atoms with E-state index in [1.165, 1.54) is 7.11 Å². The second kappa shape index (κ2) is 11.1. The standard InChI is InChI=1S/C26H34N2O7/c1-32-12-6-11-27-23(29)14-19-15-26(25(31)33-2)10-5-3-4-7-22(26)28(24(19)30)16-18-8-9-20-21(13-18)35-17-34-20/h7-9,13,19H,3-6,10-12,14-17H2,1-2H3,(H,27,29)/t19-,26+/m1/s1. The van der Waals surface area contributed by atoms with Crippen LogP contribution in [-0.2, 0) is 30.4 Å². The van der Waals surface area contributed by atoms with Gasteiger partial charge in [-0.15, -0.1) is 0 Å². The molecule has 1 N–H and O–H groups in total. The molecule has 35 heavy (non-hydrogen) atoms. The maximum Gasteiger partial charge on any atom is 0.317 e. The zero-order valence-electron chi connectivity index (χ0n) is 20.5. The van der Waals surface area contributed by atoms with E-state index in [1.807, 2.05) is 24.3 Å². The molecule has 0 spiro atoms. The van der Waals surface area contributed by atoms with E-state index >= 15 is 0 Å². The lowest BCUT2D eigenvalue weighted by atomic mass is 9.69. The molecule has 2 heterocycles. The van der Waals surface area contributed by atoms with Crippen molar-refractivity contribution in [3.8, 4) is 11.5 Å². The van der Waals surface area contributed by atoms with E-state index in [0.717, 1.165) is 24.8 Å². The summed E-state index contributed by atoms with van der Waals surface area (Å²) >= 11 is 0. The first-order valence-electron chi connectivity index (χ1n) is 12.2. The third-order valence-electron chi connectivity index (χ3n) is 7.02. The fourth-order valence-electron chi connectivity index (χ4n) is 5.33. The van der Waals surface area contributed by atoms with Crippen LogP contribution in [0.5, 0.6) is 11.5 Å². The van der Waals surface area contributed by atoms with Crippen LogP contribution in [0, 0.1) is 11.3 Å². The number of nitrogens with zero attached hydrogens (tertiary/aromatic N) is 1. The van der Waals surface area contributed by atoms with Gasteiger partial charge in [0.15, 0.2) is 11.5 Å². The number of allylic oxidation sites excluding steroid dienone is 1. The van der Waals surface area contributed by atoms with Gasteiger partial charge in [-0.2, -0.15) is 0 Å². The molecule has 0 saturated carbocycles. The van der Waals surface area contributed by atoms with Crippen LogP contribution in [0.1, 0.15) is 50.5 Å². The van der Waals surface area contributed by atoms with Crippen molar-refractivity contribution in [2.75, 3.05) is 34.2 Å². The number of likely N-dealkylation sites (tertiary alicyclic amines) is 1. The SMILES string of the molecule is COCCCNC(=O)C[C@@H]1C[C@@]2(C(=O)OC)CCCCC=C2N(Cc2ccc3c(c2)OCO3)C1=O. The van der Waals surface area contributed by atoms with E-state index in [1.54, 1.807) is 12.0 Å². The molecule has 1 saturated heterocycles. The van der Waals surface area contributed by atoms with E-state index in [-0.39, 0.29) is 44.0 Å². The Morgan fingerprint density at radius 2 is 2.03 bits per heavy atom. The number of amides is 2. The second-order valence-corrected chi connectivity index (χ2v) is 9.32. The first-order chi connectivity index (χ1) is 17.0. The van der Waals surface area contributed by atoms with Crippen molar-refractivity contribution >= 4 is 17.8 Å². The Bertz CT molecular complexity index is 992. The van der Waals surface area contributed by atoms with E-state index in [4.69, 9.17) is 18.9 Å². The number of esters is 1. The highest BCUT2D eigenvalue weighted by Gasteiger charge is 2.53. The number of fused-ring (bicyclic) bond motifs is 2. The first-order valence-corrected chi connectivity index (χ1v) is 12.2. The molecular weight excluding hydrogens is 452 g/mol. The number of ether oxygens (including phenoxy) is 4. The Kier molecular flexibility index (Phi) is 7.95. The van der Waals surface area contributed by atoms with Crippen LogP contribution < -0.4 is 14.8 Å². The summed E-state index contributed by atoms with van der Waals surface area (Å²) in [6.07, 6.45) is 6.14. The van der Waals surface area contributed by atoms with Gasteiger partial charge in [0.2, 0.25) is 18.6 Å². The van der Waals surface area contributed by atoms with Gasteiger partial charge in [-0.1, -0.05) is 18.6 Å². The molecule has 9 heteroatoms. The lowest BCUT2D eigenvalue weighted by Gasteiger charge is -2.46. The molecule has 2 amide bonds. The molecular formula is C26H34N2O7. The molecule has 0 unspecified atom stereocenters. The highest BCUT2D eigenvalue weighted by Crippen LogP contribution is 2.50. The smallest absolute Gasteiger partial charge is 0.317 e. The number of carbonyl (C=O) groups is 3. The number of benzene rings is 1. The lowest BCUT2D eigenvalue weighted by Crippen LogP contribution is -2.53. The number of hydrogen-bond acceptors (Lipinski definition) is 7. The summed E-state index contributed by atoms with van der Waals surface area (Å²) < 4.78 is 21.2. The third kappa shape index (κ3) is 5.29. The molecule has 4 rings (SSSR count). The van der Waals surface area contributed by atoms with Crippen LogP contribution in [0.25, 0.3) is 0 Å². The van der Waals surface area contributed by atoms with Gasteiger partial charge in [0.1, 0.15) is 5.41 Å². The summed E-state index contributed by atoms with van der Waals surface area (Å²) in [4.78, 5) is 41.4.